The van der Waals surface area contributed by atoms with Crippen LogP contribution in [0.15, 0.2) is 77.9 Å². The fourth-order valence-electron chi connectivity index (χ4n) is 4.22. The quantitative estimate of drug-likeness (QED) is 0.335. The molecule has 0 unspecified atom stereocenters. The van der Waals surface area contributed by atoms with Crippen LogP contribution in [-0.4, -0.2) is 28.0 Å². The van der Waals surface area contributed by atoms with E-state index in [4.69, 9.17) is 4.74 Å². The second-order valence-corrected chi connectivity index (χ2v) is 8.88. The third-order valence-electron chi connectivity index (χ3n) is 6.16. The Hall–Kier alpha value is -4.93. The van der Waals surface area contributed by atoms with E-state index >= 15 is 0 Å². The van der Waals surface area contributed by atoms with Gasteiger partial charge in [0, 0.05) is 12.3 Å². The molecule has 39 heavy (non-hydrogen) atoms. The predicted molar refractivity (Wildman–Crippen MR) is 135 cm³/mol. The first-order valence-corrected chi connectivity index (χ1v) is 11.9. The van der Waals surface area contributed by atoms with Crippen LogP contribution in [0, 0.1) is 17.5 Å². The molecule has 1 atom stereocenters. The van der Waals surface area contributed by atoms with Crippen molar-refractivity contribution >= 4 is 17.5 Å². The zero-order chi connectivity index (χ0) is 27.5. The number of amides is 2. The number of pyridine rings is 2. The molecule has 198 valence electrons. The number of hydrogen-bond donors (Lipinski definition) is 2. The highest BCUT2D eigenvalue weighted by atomic mass is 19.2. The molecule has 0 fully saturated rings. The summed E-state index contributed by atoms with van der Waals surface area (Å²) in [7, 11) is 0. The maximum Gasteiger partial charge on any atom is 0.263 e. The molecule has 2 N–H and O–H groups in total. The standard InChI is InChI=1S/C28H21F3N4O4/c29-20-9-16(10-21(30)26(20)31)14-35-8-4-7-19(28(35)38)27(37)34-23(17-5-2-1-3-6-17)15-39-25-12-18-11-24(36)33-22(18)13-32-25/h1-10,12-13,23H,11,14-15H2,(H,33,36)(H,34,37)/t23-/m0/s1. The Morgan fingerprint density at radius 2 is 1.79 bits per heavy atom. The van der Waals surface area contributed by atoms with Crippen molar-refractivity contribution in [3.05, 3.63) is 123 Å². The van der Waals surface area contributed by atoms with Crippen LogP contribution in [-0.2, 0) is 17.8 Å². The highest BCUT2D eigenvalue weighted by Crippen LogP contribution is 2.25. The molecule has 2 amide bonds. The molecule has 3 heterocycles. The molecule has 8 nitrogen and oxygen atoms in total. The average Bonchev–Trinajstić information content (AvgIpc) is 3.30. The lowest BCUT2D eigenvalue weighted by Gasteiger charge is -2.20. The van der Waals surface area contributed by atoms with Gasteiger partial charge >= 0.3 is 0 Å². The van der Waals surface area contributed by atoms with Crippen molar-refractivity contribution in [1.29, 1.82) is 0 Å². The number of ether oxygens (including phenoxy) is 1. The fraction of sp³-hybridized carbons (Fsp3) is 0.143. The number of hydrogen-bond acceptors (Lipinski definition) is 5. The average molecular weight is 534 g/mol. The van der Waals surface area contributed by atoms with Crippen molar-refractivity contribution in [2.45, 2.75) is 19.0 Å². The van der Waals surface area contributed by atoms with Gasteiger partial charge in [-0.05, 0) is 41.0 Å². The fourth-order valence-corrected chi connectivity index (χ4v) is 4.22. The topological polar surface area (TPSA) is 102 Å². The molecule has 4 aromatic rings. The number of nitrogens with zero attached hydrogens (tertiary/aromatic N) is 2. The Morgan fingerprint density at radius 3 is 2.54 bits per heavy atom. The molecule has 1 aliphatic heterocycles. The molecule has 5 rings (SSSR count). The van der Waals surface area contributed by atoms with Gasteiger partial charge in [-0.3, -0.25) is 14.4 Å². The third-order valence-corrected chi connectivity index (χ3v) is 6.16. The second-order valence-electron chi connectivity index (χ2n) is 8.88. The van der Waals surface area contributed by atoms with Crippen molar-refractivity contribution in [3.63, 3.8) is 0 Å². The van der Waals surface area contributed by atoms with E-state index in [1.807, 2.05) is 6.07 Å². The lowest BCUT2D eigenvalue weighted by Crippen LogP contribution is -2.37. The summed E-state index contributed by atoms with van der Waals surface area (Å²) >= 11 is 0. The SMILES string of the molecule is O=C1Cc2cc(OC[C@H](NC(=O)c3cccn(Cc4cc(F)c(F)c(F)c4)c3=O)c3ccccc3)ncc2N1. The van der Waals surface area contributed by atoms with Crippen molar-refractivity contribution < 1.29 is 27.5 Å². The molecular formula is C28H21F3N4O4. The van der Waals surface area contributed by atoms with Gasteiger partial charge in [0.25, 0.3) is 11.5 Å². The van der Waals surface area contributed by atoms with Crippen LogP contribution in [0.2, 0.25) is 0 Å². The third kappa shape index (κ3) is 5.66. The van der Waals surface area contributed by atoms with E-state index in [-0.39, 0.29) is 42.5 Å². The summed E-state index contributed by atoms with van der Waals surface area (Å²) in [6, 6.07) is 14.3. The summed E-state index contributed by atoms with van der Waals surface area (Å²) in [5, 5.41) is 5.49. The minimum Gasteiger partial charge on any atom is -0.475 e. The zero-order valence-corrected chi connectivity index (χ0v) is 20.3. The van der Waals surface area contributed by atoms with Crippen LogP contribution in [0.1, 0.15) is 33.1 Å². The molecule has 0 saturated heterocycles. The van der Waals surface area contributed by atoms with E-state index in [1.165, 1.54) is 24.5 Å². The van der Waals surface area contributed by atoms with Crippen LogP contribution in [0.5, 0.6) is 5.88 Å². The Kier molecular flexibility index (Phi) is 7.13. The number of halogens is 3. The van der Waals surface area contributed by atoms with E-state index in [0.29, 0.717) is 11.3 Å². The zero-order valence-electron chi connectivity index (χ0n) is 20.3. The van der Waals surface area contributed by atoms with Crippen LogP contribution >= 0.6 is 0 Å². The van der Waals surface area contributed by atoms with Crippen LogP contribution in [0.25, 0.3) is 0 Å². The lowest BCUT2D eigenvalue weighted by atomic mass is 10.1. The van der Waals surface area contributed by atoms with E-state index < -0.39 is 35.0 Å². The number of nitrogens with one attached hydrogen (secondary N) is 2. The monoisotopic (exact) mass is 534 g/mol. The Balaban J connectivity index is 1.35. The van der Waals surface area contributed by atoms with Gasteiger partial charge in [0.2, 0.25) is 11.8 Å². The van der Waals surface area contributed by atoms with Crippen LogP contribution in [0.4, 0.5) is 18.9 Å². The summed E-state index contributed by atoms with van der Waals surface area (Å²) in [6.07, 6.45) is 3.07. The number of carbonyl (C=O) groups excluding carboxylic acids is 2. The Bertz CT molecular complexity index is 1600. The lowest BCUT2D eigenvalue weighted by molar-refractivity contribution is -0.115. The van der Waals surface area contributed by atoms with Crippen molar-refractivity contribution in [1.82, 2.24) is 14.9 Å². The molecule has 0 spiro atoms. The molecule has 0 aliphatic carbocycles. The normalized spacial score (nSPS) is 12.9. The molecule has 1 aliphatic rings. The Morgan fingerprint density at radius 1 is 1.05 bits per heavy atom. The van der Waals surface area contributed by atoms with E-state index in [2.05, 4.69) is 15.6 Å². The number of carbonyl (C=O) groups is 2. The summed E-state index contributed by atoms with van der Waals surface area (Å²) in [4.78, 5) is 42.1. The van der Waals surface area contributed by atoms with Gasteiger partial charge in [-0.25, -0.2) is 18.2 Å². The number of aromatic nitrogens is 2. The first-order valence-electron chi connectivity index (χ1n) is 11.9. The molecule has 0 radical (unpaired) electrons. The van der Waals surface area contributed by atoms with Gasteiger partial charge < -0.3 is 19.9 Å². The molecule has 11 heteroatoms. The maximum atomic E-state index is 13.6. The van der Waals surface area contributed by atoms with Gasteiger partial charge in [0.1, 0.15) is 12.2 Å². The van der Waals surface area contributed by atoms with Crippen LogP contribution in [0.3, 0.4) is 0 Å². The summed E-state index contributed by atoms with van der Waals surface area (Å²) < 4.78 is 47.5. The molecule has 2 aromatic carbocycles. The van der Waals surface area contributed by atoms with Crippen molar-refractivity contribution in [3.8, 4) is 5.88 Å². The number of fused-ring (bicyclic) bond motifs is 1. The van der Waals surface area contributed by atoms with Crippen LogP contribution < -0.4 is 20.9 Å². The summed E-state index contributed by atoms with van der Waals surface area (Å²) in [5.74, 6) is -4.92. The highest BCUT2D eigenvalue weighted by Gasteiger charge is 2.22. The first kappa shape index (κ1) is 25.7. The van der Waals surface area contributed by atoms with Gasteiger partial charge in [0.05, 0.1) is 30.9 Å². The number of rotatable bonds is 8. The predicted octanol–water partition coefficient (Wildman–Crippen LogP) is 3.75. The largest absolute Gasteiger partial charge is 0.475 e. The van der Waals surface area contributed by atoms with E-state index in [1.54, 1.807) is 30.3 Å². The smallest absolute Gasteiger partial charge is 0.263 e. The molecular weight excluding hydrogens is 513 g/mol. The Labute approximate surface area is 220 Å². The summed E-state index contributed by atoms with van der Waals surface area (Å²) in [5.41, 5.74) is 1.17. The molecule has 0 saturated carbocycles. The van der Waals surface area contributed by atoms with Gasteiger partial charge in [-0.1, -0.05) is 30.3 Å². The number of benzene rings is 2. The number of anilines is 1. The second kappa shape index (κ2) is 10.8. The van der Waals surface area contributed by atoms with Gasteiger partial charge in [0.15, 0.2) is 17.5 Å². The van der Waals surface area contributed by atoms with Gasteiger partial charge in [-0.15, -0.1) is 0 Å². The van der Waals surface area contributed by atoms with E-state index in [9.17, 15) is 27.6 Å². The minimum absolute atomic E-state index is 0.0142. The summed E-state index contributed by atoms with van der Waals surface area (Å²) in [6.45, 7) is -0.307. The van der Waals surface area contributed by atoms with E-state index in [0.717, 1.165) is 22.3 Å². The minimum atomic E-state index is -1.60. The first-order chi connectivity index (χ1) is 18.8. The van der Waals surface area contributed by atoms with Crippen molar-refractivity contribution in [2.75, 3.05) is 11.9 Å². The highest BCUT2D eigenvalue weighted by molar-refractivity contribution is 5.99. The molecule has 2 aromatic heterocycles. The maximum absolute atomic E-state index is 13.6. The molecule has 0 bridgehead atoms. The van der Waals surface area contributed by atoms with Crippen molar-refractivity contribution in [2.24, 2.45) is 0 Å². The van der Waals surface area contributed by atoms with Gasteiger partial charge in [-0.2, -0.15) is 0 Å².